The monoisotopic (exact) mass is 155 g/mol. The molecule has 4 heteroatoms. The molecule has 1 aliphatic carbocycles. The number of carboxylic acid groups (broad SMARTS) is 1. The van der Waals surface area contributed by atoms with Gasteiger partial charge in [-0.25, -0.2) is 4.79 Å². The van der Waals surface area contributed by atoms with Gasteiger partial charge in [-0.2, -0.15) is 0 Å². The Balaban J connectivity index is 2.00. The van der Waals surface area contributed by atoms with E-state index in [4.69, 9.17) is 5.11 Å². The van der Waals surface area contributed by atoms with Gasteiger partial charge in [-0.05, 0) is 6.42 Å². The Bertz CT molecular complexity index is 226. The summed E-state index contributed by atoms with van der Waals surface area (Å²) in [5.74, 6) is 0.499. The molecule has 2 rings (SSSR count). The first-order valence-electron chi connectivity index (χ1n) is 3.72. The summed E-state index contributed by atoms with van der Waals surface area (Å²) in [7, 11) is 0. The van der Waals surface area contributed by atoms with Crippen LogP contribution in [0.4, 0.5) is 4.79 Å². The molecule has 0 aromatic rings. The first kappa shape index (κ1) is 6.64. The summed E-state index contributed by atoms with van der Waals surface area (Å²) in [6, 6.07) is 0. The molecular weight excluding hydrogens is 146 g/mol. The van der Waals surface area contributed by atoms with Gasteiger partial charge < -0.3 is 10.0 Å². The van der Waals surface area contributed by atoms with Crippen LogP contribution in [0.1, 0.15) is 6.42 Å². The third kappa shape index (κ3) is 0.895. The fourth-order valence-corrected chi connectivity index (χ4v) is 1.71. The standard InChI is InChI=1S/C7H9NO3/c9-6-4-1-2-8(7(10)11)3-5(4)6/h4-5H,1-3H2,(H,10,11). The first-order valence-corrected chi connectivity index (χ1v) is 3.72. The van der Waals surface area contributed by atoms with E-state index in [1.807, 2.05) is 0 Å². The third-order valence-electron chi connectivity index (χ3n) is 2.51. The number of hydrogen-bond acceptors (Lipinski definition) is 2. The number of Topliss-reactive ketones (excluding diaryl/α,β-unsaturated/α-hetero) is 1. The van der Waals surface area contributed by atoms with E-state index in [1.54, 1.807) is 0 Å². The highest BCUT2D eigenvalue weighted by molar-refractivity contribution is 6.00. The Morgan fingerprint density at radius 1 is 1.55 bits per heavy atom. The maximum absolute atomic E-state index is 10.9. The van der Waals surface area contributed by atoms with Crippen LogP contribution in [0.3, 0.4) is 0 Å². The van der Waals surface area contributed by atoms with Crippen molar-refractivity contribution >= 4 is 11.9 Å². The van der Waals surface area contributed by atoms with Gasteiger partial charge >= 0.3 is 6.09 Å². The molecule has 0 bridgehead atoms. The second-order valence-corrected chi connectivity index (χ2v) is 3.13. The van der Waals surface area contributed by atoms with E-state index in [9.17, 15) is 9.59 Å². The van der Waals surface area contributed by atoms with E-state index < -0.39 is 6.09 Å². The van der Waals surface area contributed by atoms with Gasteiger partial charge in [0, 0.05) is 24.9 Å². The van der Waals surface area contributed by atoms with Crippen LogP contribution in [0.2, 0.25) is 0 Å². The van der Waals surface area contributed by atoms with Crippen LogP contribution < -0.4 is 0 Å². The van der Waals surface area contributed by atoms with Crippen molar-refractivity contribution in [1.82, 2.24) is 4.90 Å². The lowest BCUT2D eigenvalue weighted by atomic mass is 10.1. The molecule has 2 aliphatic rings. The molecule has 11 heavy (non-hydrogen) atoms. The zero-order valence-electron chi connectivity index (χ0n) is 5.99. The normalized spacial score (nSPS) is 34.9. The molecule has 1 N–H and O–H groups in total. The molecule has 4 nitrogen and oxygen atoms in total. The van der Waals surface area contributed by atoms with Crippen LogP contribution in [-0.4, -0.2) is 35.0 Å². The maximum Gasteiger partial charge on any atom is 0.407 e. The predicted molar refractivity (Wildman–Crippen MR) is 36.2 cm³/mol. The number of hydrogen-bond donors (Lipinski definition) is 1. The van der Waals surface area contributed by atoms with Crippen molar-refractivity contribution in [2.75, 3.05) is 13.1 Å². The second-order valence-electron chi connectivity index (χ2n) is 3.13. The van der Waals surface area contributed by atoms with Crippen LogP contribution in [0.15, 0.2) is 0 Å². The van der Waals surface area contributed by atoms with Gasteiger partial charge in [-0.15, -0.1) is 0 Å². The summed E-state index contributed by atoms with van der Waals surface area (Å²) in [5, 5.41) is 8.58. The smallest absolute Gasteiger partial charge is 0.407 e. The number of likely N-dealkylation sites (tertiary alicyclic amines) is 1. The number of carbonyl (C=O) groups excluding carboxylic acids is 1. The summed E-state index contributed by atoms with van der Waals surface area (Å²) >= 11 is 0. The van der Waals surface area contributed by atoms with E-state index in [0.29, 0.717) is 13.1 Å². The summed E-state index contributed by atoms with van der Waals surface area (Å²) in [6.45, 7) is 0.959. The summed E-state index contributed by atoms with van der Waals surface area (Å²) in [4.78, 5) is 22.6. The Morgan fingerprint density at radius 3 is 2.82 bits per heavy atom. The molecule has 0 aromatic carbocycles. The van der Waals surface area contributed by atoms with Gasteiger partial charge in [-0.1, -0.05) is 0 Å². The molecule has 1 heterocycles. The van der Waals surface area contributed by atoms with Crippen LogP contribution >= 0.6 is 0 Å². The predicted octanol–water partition coefficient (Wildman–Crippen LogP) is 0.185. The summed E-state index contributed by atoms with van der Waals surface area (Å²) in [5.41, 5.74) is 0. The molecule has 0 radical (unpaired) electrons. The van der Waals surface area contributed by atoms with Crippen molar-refractivity contribution in [1.29, 1.82) is 0 Å². The van der Waals surface area contributed by atoms with E-state index >= 15 is 0 Å². The van der Waals surface area contributed by atoms with Gasteiger partial charge in [0.05, 0.1) is 0 Å². The average Bonchev–Trinajstić information content (AvgIpc) is 2.62. The van der Waals surface area contributed by atoms with Crippen LogP contribution in [0.25, 0.3) is 0 Å². The Labute approximate surface area is 63.8 Å². The SMILES string of the molecule is O=C1C2CCN(C(=O)O)CC12. The molecule has 1 aliphatic heterocycles. The van der Waals surface area contributed by atoms with Crippen LogP contribution in [0, 0.1) is 11.8 Å². The number of ketones is 1. The molecule has 1 saturated carbocycles. The molecule has 2 unspecified atom stereocenters. The lowest BCUT2D eigenvalue weighted by molar-refractivity contribution is -0.111. The van der Waals surface area contributed by atoms with Gasteiger partial charge in [0.25, 0.3) is 0 Å². The number of carbonyl (C=O) groups is 2. The van der Waals surface area contributed by atoms with Gasteiger partial charge in [-0.3, -0.25) is 4.79 Å². The summed E-state index contributed by atoms with van der Waals surface area (Å²) < 4.78 is 0. The Hall–Kier alpha value is -1.06. The number of amides is 1. The fourth-order valence-electron chi connectivity index (χ4n) is 1.71. The molecule has 0 spiro atoms. The van der Waals surface area contributed by atoms with Crippen molar-refractivity contribution in [2.45, 2.75) is 6.42 Å². The average molecular weight is 155 g/mol. The molecular formula is C7H9NO3. The van der Waals surface area contributed by atoms with Crippen molar-refractivity contribution in [3.8, 4) is 0 Å². The Morgan fingerprint density at radius 2 is 2.27 bits per heavy atom. The lowest BCUT2D eigenvalue weighted by Crippen LogP contribution is -2.35. The maximum atomic E-state index is 10.9. The molecule has 0 aromatic heterocycles. The number of nitrogens with zero attached hydrogens (tertiary/aromatic N) is 1. The quantitative estimate of drug-likeness (QED) is 0.543. The molecule has 2 atom stereocenters. The summed E-state index contributed by atoms with van der Waals surface area (Å²) in [6.07, 6.45) is -0.168. The van der Waals surface area contributed by atoms with E-state index in [2.05, 4.69) is 0 Å². The molecule has 1 saturated heterocycles. The van der Waals surface area contributed by atoms with Crippen molar-refractivity contribution in [3.05, 3.63) is 0 Å². The van der Waals surface area contributed by atoms with Crippen molar-refractivity contribution < 1.29 is 14.7 Å². The number of rotatable bonds is 0. The van der Waals surface area contributed by atoms with E-state index in [0.717, 1.165) is 6.42 Å². The Kier molecular flexibility index (Phi) is 1.19. The minimum atomic E-state index is -0.900. The topological polar surface area (TPSA) is 57.6 Å². The zero-order valence-corrected chi connectivity index (χ0v) is 5.99. The fraction of sp³-hybridized carbons (Fsp3) is 0.714. The highest BCUT2D eigenvalue weighted by Gasteiger charge is 2.52. The highest BCUT2D eigenvalue weighted by atomic mass is 16.4. The van der Waals surface area contributed by atoms with Gasteiger partial charge in [0.2, 0.25) is 0 Å². The highest BCUT2D eigenvalue weighted by Crippen LogP contribution is 2.40. The molecule has 60 valence electrons. The van der Waals surface area contributed by atoms with Gasteiger partial charge in [0.1, 0.15) is 5.78 Å². The largest absolute Gasteiger partial charge is 0.465 e. The molecule has 2 fully saturated rings. The third-order valence-corrected chi connectivity index (χ3v) is 2.51. The van der Waals surface area contributed by atoms with Crippen molar-refractivity contribution in [3.63, 3.8) is 0 Å². The van der Waals surface area contributed by atoms with Crippen LogP contribution in [0.5, 0.6) is 0 Å². The first-order chi connectivity index (χ1) is 5.20. The minimum absolute atomic E-state index is 0.0415. The lowest BCUT2D eigenvalue weighted by Gasteiger charge is -2.21. The van der Waals surface area contributed by atoms with Crippen LogP contribution in [-0.2, 0) is 4.79 Å². The van der Waals surface area contributed by atoms with E-state index in [1.165, 1.54) is 4.90 Å². The van der Waals surface area contributed by atoms with E-state index in [-0.39, 0.29) is 17.6 Å². The zero-order chi connectivity index (χ0) is 8.01. The van der Waals surface area contributed by atoms with Crippen molar-refractivity contribution in [2.24, 2.45) is 11.8 Å². The molecule has 1 amide bonds. The number of piperidine rings is 1. The van der Waals surface area contributed by atoms with Gasteiger partial charge in [0.15, 0.2) is 0 Å². The minimum Gasteiger partial charge on any atom is -0.465 e. The second kappa shape index (κ2) is 1.96. The number of fused-ring (bicyclic) bond motifs is 1.